The van der Waals surface area contributed by atoms with E-state index in [2.05, 4.69) is 9.97 Å². The Morgan fingerprint density at radius 3 is 2.71 bits per heavy atom. The summed E-state index contributed by atoms with van der Waals surface area (Å²) in [4.78, 5) is 19.7. The van der Waals surface area contributed by atoms with E-state index in [1.807, 2.05) is 24.3 Å². The van der Waals surface area contributed by atoms with E-state index in [1.54, 1.807) is 18.3 Å². The van der Waals surface area contributed by atoms with Gasteiger partial charge in [-0.3, -0.25) is 4.79 Å². The predicted octanol–water partition coefficient (Wildman–Crippen LogP) is 3.29. The van der Waals surface area contributed by atoms with Crippen molar-refractivity contribution in [3.05, 3.63) is 40.4 Å². The third-order valence-electron chi connectivity index (χ3n) is 2.37. The van der Waals surface area contributed by atoms with Crippen molar-refractivity contribution >= 4 is 56.5 Å². The molecule has 0 radical (unpaired) electrons. The number of aryl methyl sites for hydroxylation is 1. The zero-order valence-corrected chi connectivity index (χ0v) is 11.3. The van der Waals surface area contributed by atoms with E-state index in [0.29, 0.717) is 11.2 Å². The maximum absolute atomic E-state index is 11.8. The number of hydrogen-bond donors (Lipinski definition) is 1. The molecule has 6 heteroatoms. The lowest BCUT2D eigenvalue weighted by molar-refractivity contribution is 1.07. The van der Waals surface area contributed by atoms with E-state index in [4.69, 9.17) is 0 Å². The number of nitrogens with one attached hydrogen (secondary N) is 1. The number of fused-ring (bicyclic) bond motifs is 3. The maximum atomic E-state index is 11.8. The second-order valence-corrected chi connectivity index (χ2v) is 4.46. The highest BCUT2D eigenvalue weighted by molar-refractivity contribution is 7.25. The molecule has 0 amide bonds. The quantitative estimate of drug-likeness (QED) is 0.690. The fraction of sp³-hybridized carbons (Fsp3) is 0.0909. The molecule has 3 nitrogen and oxygen atoms in total. The van der Waals surface area contributed by atoms with E-state index in [1.165, 1.54) is 0 Å². The highest BCUT2D eigenvalue weighted by Gasteiger charge is 2.09. The topological polar surface area (TPSA) is 45.8 Å². The number of H-pyrrole nitrogens is 1. The molecule has 17 heavy (non-hydrogen) atoms. The Labute approximate surface area is 114 Å². The molecule has 0 fully saturated rings. The molecule has 0 aliphatic rings. The first-order valence-electron chi connectivity index (χ1n) is 4.64. The Bertz CT molecular complexity index is 720. The van der Waals surface area contributed by atoms with Gasteiger partial charge in [0.05, 0.1) is 5.39 Å². The summed E-state index contributed by atoms with van der Waals surface area (Å²) in [5, 5.41) is 1.70. The second-order valence-electron chi connectivity index (χ2n) is 3.43. The minimum absolute atomic E-state index is 0. The molecule has 0 aliphatic carbocycles. The average Bonchev–Trinajstić information content (AvgIpc) is 2.54. The molecule has 3 aromatic rings. The van der Waals surface area contributed by atoms with Crippen LogP contribution in [0.2, 0.25) is 0 Å². The highest BCUT2D eigenvalue weighted by Crippen LogP contribution is 2.29. The molecule has 0 saturated carbocycles. The first kappa shape index (κ1) is 14.0. The monoisotopic (exact) mass is 288 g/mol. The third-order valence-corrected chi connectivity index (χ3v) is 3.43. The summed E-state index contributed by atoms with van der Waals surface area (Å²) in [7, 11) is 0. The molecular weight excluding hydrogens is 279 g/mol. The van der Waals surface area contributed by atoms with Crippen LogP contribution in [0, 0.1) is 6.92 Å². The van der Waals surface area contributed by atoms with Gasteiger partial charge in [-0.25, -0.2) is 4.98 Å². The molecule has 0 bridgehead atoms. The van der Waals surface area contributed by atoms with Crippen LogP contribution in [0.15, 0.2) is 29.1 Å². The molecule has 1 aromatic carbocycles. The zero-order chi connectivity index (χ0) is 10.4. The lowest BCUT2D eigenvalue weighted by Gasteiger charge is -1.91. The molecule has 1 N–H and O–H groups in total. The van der Waals surface area contributed by atoms with Crippen molar-refractivity contribution in [2.24, 2.45) is 0 Å². The van der Waals surface area contributed by atoms with Gasteiger partial charge >= 0.3 is 0 Å². The van der Waals surface area contributed by atoms with Crippen molar-refractivity contribution in [2.75, 3.05) is 0 Å². The first-order chi connectivity index (χ1) is 7.25. The minimum atomic E-state index is -0.0463. The first-order valence-corrected chi connectivity index (χ1v) is 5.45. The Hall–Kier alpha value is -1.10. The van der Waals surface area contributed by atoms with E-state index >= 15 is 0 Å². The summed E-state index contributed by atoms with van der Waals surface area (Å²) < 4.78 is 1.11. The summed E-state index contributed by atoms with van der Waals surface area (Å²) >= 11 is 1.56. The molecule has 0 aliphatic heterocycles. The SMILES string of the molecule is Cc1nc2sc3ccccc3c2c(=O)[nH]1.Cl.Cl. The van der Waals surface area contributed by atoms with Gasteiger partial charge in [0, 0.05) is 10.1 Å². The van der Waals surface area contributed by atoms with Gasteiger partial charge in [0.1, 0.15) is 10.7 Å². The van der Waals surface area contributed by atoms with Gasteiger partial charge in [-0.1, -0.05) is 18.2 Å². The molecular formula is C11H10Cl2N2OS. The van der Waals surface area contributed by atoms with Crippen LogP contribution in [0.25, 0.3) is 20.3 Å². The normalized spacial score (nSPS) is 9.94. The Kier molecular flexibility index (Phi) is 4.14. The van der Waals surface area contributed by atoms with Crippen LogP contribution >= 0.6 is 36.2 Å². The van der Waals surface area contributed by atoms with E-state index < -0.39 is 0 Å². The Morgan fingerprint density at radius 2 is 1.94 bits per heavy atom. The number of benzene rings is 1. The zero-order valence-electron chi connectivity index (χ0n) is 8.89. The molecule has 0 unspecified atom stereocenters. The summed E-state index contributed by atoms with van der Waals surface area (Å²) in [5.74, 6) is 0.666. The average molecular weight is 289 g/mol. The highest BCUT2D eigenvalue weighted by atomic mass is 35.5. The van der Waals surface area contributed by atoms with Gasteiger partial charge in [0.2, 0.25) is 0 Å². The van der Waals surface area contributed by atoms with Crippen molar-refractivity contribution in [1.29, 1.82) is 0 Å². The van der Waals surface area contributed by atoms with Crippen molar-refractivity contribution in [3.8, 4) is 0 Å². The van der Waals surface area contributed by atoms with Crippen molar-refractivity contribution in [3.63, 3.8) is 0 Å². The molecule has 2 aromatic heterocycles. The lowest BCUT2D eigenvalue weighted by Crippen LogP contribution is -2.08. The molecule has 2 heterocycles. The lowest BCUT2D eigenvalue weighted by atomic mass is 10.2. The van der Waals surface area contributed by atoms with E-state index in [9.17, 15) is 4.79 Å². The van der Waals surface area contributed by atoms with Gasteiger partial charge in [0.25, 0.3) is 5.56 Å². The summed E-state index contributed by atoms with van der Waals surface area (Å²) in [5.41, 5.74) is -0.0463. The minimum Gasteiger partial charge on any atom is -0.310 e. The standard InChI is InChI=1S/C11H8N2OS.2ClH/c1-6-12-10(14)9-7-4-2-3-5-8(7)15-11(9)13-6;;/h2-5H,1H3,(H,12,13,14);2*1H. The van der Waals surface area contributed by atoms with Crippen LogP contribution in [0.4, 0.5) is 0 Å². The molecule has 0 saturated heterocycles. The number of thiophene rings is 1. The van der Waals surface area contributed by atoms with Gasteiger partial charge < -0.3 is 4.98 Å². The number of hydrogen-bond acceptors (Lipinski definition) is 3. The number of aromatic amines is 1. The second kappa shape index (κ2) is 5.04. The molecule has 3 rings (SSSR count). The molecule has 0 spiro atoms. The van der Waals surface area contributed by atoms with Crippen molar-refractivity contribution < 1.29 is 0 Å². The van der Waals surface area contributed by atoms with Crippen LogP contribution in [0.1, 0.15) is 5.82 Å². The van der Waals surface area contributed by atoms with Crippen molar-refractivity contribution in [2.45, 2.75) is 6.92 Å². The van der Waals surface area contributed by atoms with Gasteiger partial charge in [-0.05, 0) is 13.0 Å². The maximum Gasteiger partial charge on any atom is 0.260 e. The van der Waals surface area contributed by atoms with Crippen LogP contribution in [-0.2, 0) is 0 Å². The summed E-state index contributed by atoms with van der Waals surface area (Å²) in [6.45, 7) is 1.80. The van der Waals surface area contributed by atoms with Crippen molar-refractivity contribution in [1.82, 2.24) is 9.97 Å². The molecule has 90 valence electrons. The largest absolute Gasteiger partial charge is 0.310 e. The summed E-state index contributed by atoms with van der Waals surface area (Å²) in [6.07, 6.45) is 0. The van der Waals surface area contributed by atoms with Crippen LogP contribution in [0.3, 0.4) is 0 Å². The Morgan fingerprint density at radius 1 is 1.24 bits per heavy atom. The van der Waals surface area contributed by atoms with Crippen LogP contribution < -0.4 is 5.56 Å². The summed E-state index contributed by atoms with van der Waals surface area (Å²) in [6, 6.07) is 7.88. The number of rotatable bonds is 0. The van der Waals surface area contributed by atoms with E-state index in [-0.39, 0.29) is 30.4 Å². The fourth-order valence-electron chi connectivity index (χ4n) is 1.74. The van der Waals surface area contributed by atoms with Gasteiger partial charge in [0.15, 0.2) is 0 Å². The third kappa shape index (κ3) is 2.16. The molecule has 0 atom stereocenters. The van der Waals surface area contributed by atoms with Crippen LogP contribution in [0.5, 0.6) is 0 Å². The number of aromatic nitrogens is 2. The van der Waals surface area contributed by atoms with E-state index in [0.717, 1.165) is 14.9 Å². The Balaban J connectivity index is 0.000000722. The number of nitrogens with zero attached hydrogens (tertiary/aromatic N) is 1. The van der Waals surface area contributed by atoms with Crippen LogP contribution in [-0.4, -0.2) is 9.97 Å². The number of halogens is 2. The smallest absolute Gasteiger partial charge is 0.260 e. The van der Waals surface area contributed by atoms with Gasteiger partial charge in [-0.2, -0.15) is 0 Å². The predicted molar refractivity (Wildman–Crippen MR) is 77.0 cm³/mol. The fourth-order valence-corrected chi connectivity index (χ4v) is 2.86. The van der Waals surface area contributed by atoms with Gasteiger partial charge in [-0.15, -0.1) is 36.2 Å².